The predicted octanol–water partition coefficient (Wildman–Crippen LogP) is 5.76. The van der Waals surface area contributed by atoms with Crippen LogP contribution < -0.4 is 0 Å². The lowest BCUT2D eigenvalue weighted by molar-refractivity contribution is 0.343. The summed E-state index contributed by atoms with van der Waals surface area (Å²) in [5.41, 5.74) is 0. The molecule has 0 aliphatic rings. The molecule has 0 unspecified atom stereocenters. The van der Waals surface area contributed by atoms with Gasteiger partial charge in [-0.05, 0) is 37.2 Å². The molecule has 26 heavy (non-hydrogen) atoms. The van der Waals surface area contributed by atoms with Crippen LogP contribution in [-0.2, 0) is 0 Å². The van der Waals surface area contributed by atoms with Gasteiger partial charge in [0.15, 0.2) is 0 Å². The summed E-state index contributed by atoms with van der Waals surface area (Å²) >= 11 is 13.2. The van der Waals surface area contributed by atoms with E-state index < -0.39 is 0 Å². The fourth-order valence-corrected chi connectivity index (χ4v) is 5.90. The van der Waals surface area contributed by atoms with Crippen LogP contribution >= 0.6 is 48.0 Å². The Balaban J connectivity index is 4.63. The summed E-state index contributed by atoms with van der Waals surface area (Å²) in [6.45, 7) is 13.3. The molecule has 0 amide bonds. The third-order valence-electron chi connectivity index (χ3n) is 4.39. The highest BCUT2D eigenvalue weighted by Gasteiger charge is 2.13. The van der Waals surface area contributed by atoms with Crippen molar-refractivity contribution in [3.63, 3.8) is 0 Å². The van der Waals surface area contributed by atoms with E-state index in [4.69, 9.17) is 24.4 Å². The second kappa shape index (κ2) is 18.8. The van der Waals surface area contributed by atoms with Crippen molar-refractivity contribution in [1.29, 1.82) is 0 Å². The number of hydrogen-bond acceptors (Lipinski definition) is 2. The van der Waals surface area contributed by atoms with Gasteiger partial charge in [0.25, 0.3) is 0 Å². The highest BCUT2D eigenvalue weighted by molar-refractivity contribution is 8.23. The number of thiocarbonyl (C=S) groups is 2. The van der Waals surface area contributed by atoms with Gasteiger partial charge < -0.3 is 9.80 Å². The van der Waals surface area contributed by atoms with E-state index in [1.165, 1.54) is 71.5 Å². The Morgan fingerprint density at radius 1 is 0.577 bits per heavy atom. The summed E-state index contributed by atoms with van der Waals surface area (Å²) in [6, 6.07) is 0. The zero-order chi connectivity index (χ0) is 19.6. The van der Waals surface area contributed by atoms with Crippen LogP contribution in [0.25, 0.3) is 0 Å². The van der Waals surface area contributed by atoms with Crippen LogP contribution in [0.2, 0.25) is 0 Å². The summed E-state index contributed by atoms with van der Waals surface area (Å²) in [5, 5.41) is 0. The molecule has 0 heterocycles. The molecule has 0 bridgehead atoms. The summed E-state index contributed by atoms with van der Waals surface area (Å²) in [6.07, 6.45) is 10.1. The zero-order valence-electron chi connectivity index (χ0n) is 17.6. The third kappa shape index (κ3) is 13.6. The van der Waals surface area contributed by atoms with E-state index in [-0.39, 0.29) is 0 Å². The van der Waals surface area contributed by atoms with Crippen molar-refractivity contribution in [3.05, 3.63) is 0 Å². The maximum atomic E-state index is 5.78. The van der Waals surface area contributed by atoms with Crippen molar-refractivity contribution in [3.8, 4) is 0 Å². The molecule has 0 rings (SSSR count). The number of nitrogens with zero attached hydrogens (tertiary/aromatic N) is 2. The first-order chi connectivity index (χ1) is 12.6. The Bertz CT molecular complexity index is 330. The van der Waals surface area contributed by atoms with Crippen molar-refractivity contribution in [2.24, 2.45) is 0 Å². The molecule has 0 spiro atoms. The van der Waals surface area contributed by atoms with E-state index in [0.29, 0.717) is 0 Å². The smallest absolute Gasteiger partial charge is 0.113 e. The second-order valence-electron chi connectivity index (χ2n) is 6.85. The fourth-order valence-electron chi connectivity index (χ4n) is 2.54. The number of unbranched alkanes of at least 4 members (excludes halogenated alkanes) is 4. The van der Waals surface area contributed by atoms with E-state index in [9.17, 15) is 0 Å². The molecule has 0 aromatic heterocycles. The SMILES string of the molecule is CCCC[SH2]C(=S)N(CCCC)CCN(CCCC)C(=S)[SH2]CCCC. The van der Waals surface area contributed by atoms with Gasteiger partial charge in [0.2, 0.25) is 0 Å². The monoisotopic (exact) mass is 440 g/mol. The van der Waals surface area contributed by atoms with Crippen molar-refractivity contribution in [2.75, 3.05) is 37.7 Å². The molecular weight excluding hydrogens is 397 g/mol. The highest BCUT2D eigenvalue weighted by atomic mass is 32.2. The maximum absolute atomic E-state index is 5.78. The summed E-state index contributed by atoms with van der Waals surface area (Å²) in [5.74, 6) is 2.52. The Kier molecular flexibility index (Phi) is 19.2. The number of rotatable bonds is 15. The van der Waals surface area contributed by atoms with Crippen LogP contribution in [-0.4, -0.2) is 56.1 Å². The van der Waals surface area contributed by atoms with Gasteiger partial charge in [-0.1, -0.05) is 77.8 Å². The molecule has 2 nitrogen and oxygen atoms in total. The fraction of sp³-hybridized carbons (Fsp3) is 0.900. The summed E-state index contributed by atoms with van der Waals surface area (Å²) < 4.78 is 2.39. The average molecular weight is 441 g/mol. The highest BCUT2D eigenvalue weighted by Crippen LogP contribution is 2.16. The standard InChI is InChI=1S/C20H44N2S4/c1-5-9-13-21(19(23)25-17-11-7-3)15-16-22(14-10-6-2)20(24)26-18-12-8-4/h5-18,25-26H2,1-4H3. The lowest BCUT2D eigenvalue weighted by Crippen LogP contribution is -2.39. The van der Waals surface area contributed by atoms with Crippen molar-refractivity contribution in [1.82, 2.24) is 9.80 Å². The van der Waals surface area contributed by atoms with Gasteiger partial charge in [-0.2, -0.15) is 0 Å². The summed E-state index contributed by atoms with van der Waals surface area (Å²) in [4.78, 5) is 4.95. The second-order valence-corrected chi connectivity index (χ2v) is 11.0. The van der Waals surface area contributed by atoms with Crippen molar-refractivity contribution >= 4 is 56.6 Å². The first-order valence-corrected chi connectivity index (χ1v) is 13.9. The van der Waals surface area contributed by atoms with Crippen LogP contribution in [0.15, 0.2) is 0 Å². The van der Waals surface area contributed by atoms with Gasteiger partial charge in [-0.15, -0.1) is 0 Å². The van der Waals surface area contributed by atoms with Crippen LogP contribution in [0.5, 0.6) is 0 Å². The van der Waals surface area contributed by atoms with Gasteiger partial charge >= 0.3 is 0 Å². The zero-order valence-corrected chi connectivity index (χ0v) is 21.2. The Labute approximate surface area is 182 Å². The van der Waals surface area contributed by atoms with E-state index in [0.717, 1.165) is 49.7 Å². The van der Waals surface area contributed by atoms with Gasteiger partial charge in [-0.25, -0.2) is 23.5 Å². The summed E-state index contributed by atoms with van der Waals surface area (Å²) in [7, 11) is 0. The quantitative estimate of drug-likeness (QED) is 0.236. The molecule has 0 aliphatic heterocycles. The first-order valence-electron chi connectivity index (χ1n) is 10.7. The average Bonchev–Trinajstić information content (AvgIpc) is 2.64. The lowest BCUT2D eigenvalue weighted by Gasteiger charge is -2.31. The van der Waals surface area contributed by atoms with Gasteiger partial charge in [0.1, 0.15) is 8.64 Å². The van der Waals surface area contributed by atoms with Crippen LogP contribution in [0.4, 0.5) is 0 Å². The molecule has 0 fully saturated rings. The molecule has 0 radical (unpaired) electrons. The molecule has 0 saturated carbocycles. The van der Waals surface area contributed by atoms with Gasteiger partial charge in [-0.3, -0.25) is 0 Å². The molecule has 0 aromatic rings. The van der Waals surface area contributed by atoms with Crippen molar-refractivity contribution in [2.45, 2.75) is 79.1 Å². The maximum Gasteiger partial charge on any atom is 0.113 e. The van der Waals surface area contributed by atoms with Crippen LogP contribution in [0.3, 0.4) is 0 Å². The molecule has 0 atom stereocenters. The molecule has 0 saturated heterocycles. The minimum atomic E-state index is 0.811. The molecule has 0 N–H and O–H groups in total. The largest absolute Gasteiger partial charge is 0.357 e. The number of hydrogen-bond donors (Lipinski definition) is 0. The normalized spacial score (nSPS) is 12.3. The Morgan fingerprint density at radius 2 is 0.923 bits per heavy atom. The Hall–Kier alpha value is 0.480. The van der Waals surface area contributed by atoms with Crippen LogP contribution in [0, 0.1) is 0 Å². The van der Waals surface area contributed by atoms with Crippen LogP contribution in [0.1, 0.15) is 79.1 Å². The molecular formula is C20H44N2S4. The minimum Gasteiger partial charge on any atom is -0.357 e. The van der Waals surface area contributed by atoms with Gasteiger partial charge in [0.05, 0.1) is 0 Å². The van der Waals surface area contributed by atoms with E-state index in [1.807, 2.05) is 0 Å². The first kappa shape index (κ1) is 26.5. The molecule has 158 valence electrons. The molecule has 0 aliphatic carbocycles. The van der Waals surface area contributed by atoms with Crippen molar-refractivity contribution < 1.29 is 0 Å². The van der Waals surface area contributed by atoms with E-state index in [1.54, 1.807) is 0 Å². The minimum absolute atomic E-state index is 0.811. The van der Waals surface area contributed by atoms with E-state index in [2.05, 4.69) is 37.5 Å². The molecule has 6 heteroatoms. The van der Waals surface area contributed by atoms with E-state index >= 15 is 0 Å². The predicted molar refractivity (Wildman–Crippen MR) is 138 cm³/mol. The third-order valence-corrected chi connectivity index (χ3v) is 8.22. The topological polar surface area (TPSA) is 6.48 Å². The Morgan fingerprint density at radius 3 is 1.23 bits per heavy atom. The van der Waals surface area contributed by atoms with Gasteiger partial charge in [0, 0.05) is 26.2 Å². The lowest BCUT2D eigenvalue weighted by atomic mass is 10.3. The molecule has 0 aromatic carbocycles.